The molecule has 3 N–H and O–H groups in total. The maximum Gasteiger partial charge on any atom is 0.406 e. The van der Waals surface area contributed by atoms with Crippen LogP contribution in [0.1, 0.15) is 50.2 Å². The van der Waals surface area contributed by atoms with Crippen LogP contribution in [0.3, 0.4) is 0 Å². The number of benzene rings is 1. The maximum absolute atomic E-state index is 14.1. The Morgan fingerprint density at radius 2 is 2.17 bits per heavy atom. The molecule has 0 spiro atoms. The first kappa shape index (κ1) is 28.4. The number of piperidine rings is 1. The largest absolute Gasteiger partial charge is 0.453 e. The first-order chi connectivity index (χ1) is 17.4. The van der Waals surface area contributed by atoms with E-state index >= 15 is 0 Å². The molecule has 3 atom stereocenters. The standard InChI is InChI=1S/C25H38ClFN4O5/c1-34-24(32)29-8-12-36-23(20-13-21(26)15-22(27)14-20)19-7-3-9-30(16-19)25(33)31(28)10-2-5-18-6-4-11-35-17-18/h13-15,18-19,23H,2-12,16-17,28H2,1H3,(H,29,32)/t18?,19?,23-/m1/s1. The topological polar surface area (TPSA) is 106 Å². The van der Waals surface area contributed by atoms with Crippen LogP contribution < -0.4 is 11.2 Å². The molecule has 2 aliphatic rings. The van der Waals surface area contributed by atoms with Crippen molar-refractivity contribution in [2.24, 2.45) is 17.7 Å². The molecule has 2 heterocycles. The lowest BCUT2D eigenvalue weighted by Gasteiger charge is -2.38. The Kier molecular flexibility index (Phi) is 11.5. The van der Waals surface area contributed by atoms with Gasteiger partial charge in [-0.05, 0) is 68.2 Å². The molecule has 36 heavy (non-hydrogen) atoms. The fraction of sp³-hybridized carbons (Fsp3) is 0.680. The van der Waals surface area contributed by atoms with E-state index in [4.69, 9.17) is 26.9 Å². The fourth-order valence-corrected chi connectivity index (χ4v) is 5.18. The van der Waals surface area contributed by atoms with E-state index in [1.807, 2.05) is 0 Å². The van der Waals surface area contributed by atoms with Crippen molar-refractivity contribution in [1.29, 1.82) is 0 Å². The van der Waals surface area contributed by atoms with Crippen LogP contribution >= 0.6 is 11.6 Å². The van der Waals surface area contributed by atoms with E-state index in [0.717, 1.165) is 51.7 Å². The van der Waals surface area contributed by atoms with Gasteiger partial charge in [0.15, 0.2) is 0 Å². The zero-order valence-corrected chi connectivity index (χ0v) is 21.7. The maximum atomic E-state index is 14.1. The summed E-state index contributed by atoms with van der Waals surface area (Å²) in [6, 6.07) is 4.09. The van der Waals surface area contributed by atoms with E-state index in [9.17, 15) is 14.0 Å². The number of hydrazine groups is 1. The first-order valence-electron chi connectivity index (χ1n) is 12.7. The second-order valence-electron chi connectivity index (χ2n) is 9.46. The smallest absolute Gasteiger partial charge is 0.406 e. The Labute approximate surface area is 217 Å². The fourth-order valence-electron chi connectivity index (χ4n) is 4.95. The molecule has 2 unspecified atom stereocenters. The number of likely N-dealkylation sites (tertiary alicyclic amines) is 1. The lowest BCUT2D eigenvalue weighted by molar-refractivity contribution is -0.0108. The predicted molar refractivity (Wildman–Crippen MR) is 134 cm³/mol. The summed E-state index contributed by atoms with van der Waals surface area (Å²) >= 11 is 6.12. The molecule has 0 aliphatic carbocycles. The number of nitrogens with two attached hydrogens (primary N) is 1. The zero-order valence-electron chi connectivity index (χ0n) is 20.9. The Bertz CT molecular complexity index is 837. The van der Waals surface area contributed by atoms with Gasteiger partial charge in [-0.1, -0.05) is 11.6 Å². The van der Waals surface area contributed by atoms with Gasteiger partial charge in [0.25, 0.3) is 0 Å². The van der Waals surface area contributed by atoms with Crippen LogP contribution in [-0.4, -0.2) is 75.1 Å². The molecule has 0 aromatic heterocycles. The molecule has 2 fully saturated rings. The van der Waals surface area contributed by atoms with Crippen LogP contribution in [0.5, 0.6) is 0 Å². The quantitative estimate of drug-likeness (QED) is 0.205. The number of carbonyl (C=O) groups is 2. The average Bonchev–Trinajstić information content (AvgIpc) is 2.88. The third-order valence-electron chi connectivity index (χ3n) is 6.74. The highest BCUT2D eigenvalue weighted by Gasteiger charge is 2.33. The summed E-state index contributed by atoms with van der Waals surface area (Å²) in [6.45, 7) is 3.53. The molecule has 0 radical (unpaired) electrons. The lowest BCUT2D eigenvalue weighted by atomic mass is 9.88. The Hall–Kier alpha value is -2.14. The number of hydrogen-bond donors (Lipinski definition) is 2. The average molecular weight is 529 g/mol. The van der Waals surface area contributed by atoms with Crippen molar-refractivity contribution in [2.45, 2.75) is 44.6 Å². The van der Waals surface area contributed by atoms with E-state index in [-0.39, 0.29) is 30.1 Å². The van der Waals surface area contributed by atoms with Gasteiger partial charge < -0.3 is 24.4 Å². The van der Waals surface area contributed by atoms with Gasteiger partial charge >= 0.3 is 12.1 Å². The van der Waals surface area contributed by atoms with Crippen molar-refractivity contribution >= 4 is 23.7 Å². The molecule has 2 saturated heterocycles. The monoisotopic (exact) mass is 528 g/mol. The normalized spacial score (nSPS) is 21.1. The van der Waals surface area contributed by atoms with E-state index < -0.39 is 18.0 Å². The van der Waals surface area contributed by atoms with Gasteiger partial charge in [0.1, 0.15) is 5.82 Å². The molecule has 2 aliphatic heterocycles. The Balaban J connectivity index is 1.59. The molecule has 1 aromatic carbocycles. The summed E-state index contributed by atoms with van der Waals surface area (Å²) in [4.78, 5) is 26.2. The van der Waals surface area contributed by atoms with Gasteiger partial charge in [-0.3, -0.25) is 5.01 Å². The number of urea groups is 1. The third-order valence-corrected chi connectivity index (χ3v) is 6.95. The molecule has 11 heteroatoms. The summed E-state index contributed by atoms with van der Waals surface area (Å²) in [5, 5.41) is 4.13. The van der Waals surface area contributed by atoms with Gasteiger partial charge in [-0.15, -0.1) is 0 Å². The molecule has 0 saturated carbocycles. The van der Waals surface area contributed by atoms with E-state index in [0.29, 0.717) is 31.1 Å². The Morgan fingerprint density at radius 1 is 1.33 bits per heavy atom. The second-order valence-corrected chi connectivity index (χ2v) is 9.90. The minimum Gasteiger partial charge on any atom is -0.453 e. The molecule has 9 nitrogen and oxygen atoms in total. The number of methoxy groups -OCH3 is 1. The number of nitrogens with one attached hydrogen (secondary N) is 1. The highest BCUT2D eigenvalue weighted by atomic mass is 35.5. The van der Waals surface area contributed by atoms with Gasteiger partial charge in [0.05, 0.1) is 19.8 Å². The number of rotatable bonds is 10. The summed E-state index contributed by atoms with van der Waals surface area (Å²) in [5.41, 5.74) is 0.594. The summed E-state index contributed by atoms with van der Waals surface area (Å²) in [6.07, 6.45) is 4.56. The Morgan fingerprint density at radius 3 is 2.89 bits per heavy atom. The molecule has 0 bridgehead atoms. The molecule has 3 rings (SSSR count). The minimum absolute atomic E-state index is 0.0912. The van der Waals surface area contributed by atoms with Crippen LogP contribution in [0.4, 0.5) is 14.0 Å². The zero-order chi connectivity index (χ0) is 25.9. The van der Waals surface area contributed by atoms with Crippen molar-refractivity contribution in [3.63, 3.8) is 0 Å². The number of nitrogens with zero attached hydrogens (tertiary/aromatic N) is 2. The van der Waals surface area contributed by atoms with Crippen molar-refractivity contribution in [3.05, 3.63) is 34.6 Å². The van der Waals surface area contributed by atoms with Gasteiger partial charge in [-0.25, -0.2) is 19.8 Å². The van der Waals surface area contributed by atoms with Crippen molar-refractivity contribution in [3.8, 4) is 0 Å². The number of halogens is 2. The number of carbonyl (C=O) groups excluding carboxylic acids is 2. The van der Waals surface area contributed by atoms with Crippen LogP contribution in [0.15, 0.2) is 18.2 Å². The minimum atomic E-state index is -0.558. The molecule has 3 amide bonds. The van der Waals surface area contributed by atoms with Crippen LogP contribution in [0.25, 0.3) is 0 Å². The second kappa shape index (κ2) is 14.6. The van der Waals surface area contributed by atoms with Crippen molar-refractivity contribution in [1.82, 2.24) is 15.2 Å². The number of hydrogen-bond acceptors (Lipinski definition) is 6. The van der Waals surface area contributed by atoms with Crippen LogP contribution in [-0.2, 0) is 14.2 Å². The van der Waals surface area contributed by atoms with Gasteiger partial charge in [-0.2, -0.15) is 0 Å². The van der Waals surface area contributed by atoms with Crippen LogP contribution in [0.2, 0.25) is 5.02 Å². The van der Waals surface area contributed by atoms with E-state index in [1.165, 1.54) is 24.3 Å². The summed E-state index contributed by atoms with van der Waals surface area (Å²) in [5.74, 6) is 6.12. The first-order valence-corrected chi connectivity index (χ1v) is 13.0. The lowest BCUT2D eigenvalue weighted by Crippen LogP contribution is -2.51. The number of amides is 3. The SMILES string of the molecule is COC(=O)NCCO[C@@H](c1cc(F)cc(Cl)c1)C1CCCN(C(=O)N(N)CCCC2CCCOC2)C1. The molecule has 1 aromatic rings. The van der Waals surface area contributed by atoms with E-state index in [2.05, 4.69) is 10.1 Å². The van der Waals surface area contributed by atoms with Crippen LogP contribution in [0, 0.1) is 17.7 Å². The number of ether oxygens (including phenoxy) is 3. The van der Waals surface area contributed by atoms with Gasteiger partial charge in [0, 0.05) is 50.3 Å². The molecular weight excluding hydrogens is 491 g/mol. The summed E-state index contributed by atoms with van der Waals surface area (Å²) in [7, 11) is 1.28. The van der Waals surface area contributed by atoms with Crippen molar-refractivity contribution in [2.75, 3.05) is 53.1 Å². The number of alkyl carbamates (subject to hydrolysis) is 1. The highest BCUT2D eigenvalue weighted by molar-refractivity contribution is 6.30. The highest BCUT2D eigenvalue weighted by Crippen LogP contribution is 2.34. The van der Waals surface area contributed by atoms with Gasteiger partial charge in [0.2, 0.25) is 0 Å². The summed E-state index contributed by atoms with van der Waals surface area (Å²) < 4.78 is 30.4. The molecular formula is C25H38ClFN4O5. The van der Waals surface area contributed by atoms with E-state index in [1.54, 1.807) is 11.0 Å². The molecule has 202 valence electrons. The third kappa shape index (κ3) is 8.76. The predicted octanol–water partition coefficient (Wildman–Crippen LogP) is 4.11. The van der Waals surface area contributed by atoms with Crippen molar-refractivity contribution < 1.29 is 28.2 Å².